The molecule has 15 heavy (non-hydrogen) atoms. The molecule has 0 unspecified atom stereocenters. The highest BCUT2D eigenvalue weighted by molar-refractivity contribution is 5.86. The highest BCUT2D eigenvalue weighted by Gasteiger charge is 2.14. The van der Waals surface area contributed by atoms with Gasteiger partial charge < -0.3 is 14.3 Å². The van der Waals surface area contributed by atoms with Crippen LogP contribution in [0.4, 0.5) is 8.78 Å². The van der Waals surface area contributed by atoms with Gasteiger partial charge in [-0.15, -0.1) is 0 Å². The van der Waals surface area contributed by atoms with Gasteiger partial charge in [-0.1, -0.05) is 0 Å². The summed E-state index contributed by atoms with van der Waals surface area (Å²) in [5.41, 5.74) is 0.443. The van der Waals surface area contributed by atoms with Gasteiger partial charge in [0.05, 0.1) is 0 Å². The first-order valence-corrected chi connectivity index (χ1v) is 4.19. The lowest BCUT2D eigenvalue weighted by atomic mass is 10.3. The van der Waals surface area contributed by atoms with Crippen molar-refractivity contribution in [2.75, 3.05) is 6.61 Å². The number of rotatable bonds is 5. The van der Waals surface area contributed by atoms with E-state index in [4.69, 9.17) is 9.52 Å². The molecule has 6 heteroatoms. The van der Waals surface area contributed by atoms with Crippen LogP contribution in [-0.2, 0) is 11.3 Å². The van der Waals surface area contributed by atoms with Crippen molar-refractivity contribution < 1.29 is 27.8 Å². The molecule has 0 amide bonds. The number of furan rings is 1. The van der Waals surface area contributed by atoms with Crippen molar-refractivity contribution in [3.63, 3.8) is 0 Å². The van der Waals surface area contributed by atoms with E-state index in [2.05, 4.69) is 4.74 Å². The molecule has 0 saturated heterocycles. The first kappa shape index (κ1) is 11.6. The molecule has 0 fully saturated rings. The van der Waals surface area contributed by atoms with Crippen LogP contribution >= 0.6 is 0 Å². The fraction of sp³-hybridized carbons (Fsp3) is 0.444. The maximum absolute atomic E-state index is 11.7. The quantitative estimate of drug-likeness (QED) is 0.825. The molecule has 0 radical (unpaired) electrons. The number of carbonyl (C=O) groups is 1. The zero-order valence-corrected chi connectivity index (χ0v) is 8.00. The Morgan fingerprint density at radius 3 is 2.80 bits per heavy atom. The number of hydrogen-bond acceptors (Lipinski definition) is 3. The number of ether oxygens (including phenoxy) is 1. The predicted octanol–water partition coefficient (Wildman–Crippen LogP) is 2.07. The van der Waals surface area contributed by atoms with Crippen molar-refractivity contribution in [3.05, 3.63) is 23.2 Å². The van der Waals surface area contributed by atoms with Gasteiger partial charge >= 0.3 is 5.97 Å². The van der Waals surface area contributed by atoms with Gasteiger partial charge in [0, 0.05) is 5.56 Å². The van der Waals surface area contributed by atoms with Crippen LogP contribution in [0, 0.1) is 6.92 Å². The molecule has 0 bridgehead atoms. The summed E-state index contributed by atoms with van der Waals surface area (Å²) in [5.74, 6) is -1.15. The van der Waals surface area contributed by atoms with Crippen LogP contribution in [0.5, 0.6) is 0 Å². The minimum absolute atomic E-state index is 0.154. The minimum atomic E-state index is -2.54. The third-order valence-electron chi connectivity index (χ3n) is 1.65. The van der Waals surface area contributed by atoms with Crippen molar-refractivity contribution in [3.8, 4) is 0 Å². The Kier molecular flexibility index (Phi) is 3.79. The van der Waals surface area contributed by atoms with E-state index in [1.165, 1.54) is 6.07 Å². The number of aromatic carboxylic acids is 1. The highest BCUT2D eigenvalue weighted by Crippen LogP contribution is 2.15. The maximum atomic E-state index is 11.7. The Balaban J connectivity index is 2.56. The van der Waals surface area contributed by atoms with Crippen LogP contribution in [0.25, 0.3) is 0 Å². The van der Waals surface area contributed by atoms with E-state index in [0.29, 0.717) is 5.56 Å². The molecule has 0 saturated carbocycles. The van der Waals surface area contributed by atoms with E-state index < -0.39 is 19.0 Å². The van der Waals surface area contributed by atoms with Gasteiger partial charge in [0.1, 0.15) is 19.0 Å². The lowest BCUT2D eigenvalue weighted by Gasteiger charge is -1.99. The fourth-order valence-corrected chi connectivity index (χ4v) is 1.08. The summed E-state index contributed by atoms with van der Waals surface area (Å²) < 4.78 is 32.9. The Morgan fingerprint density at radius 1 is 1.67 bits per heavy atom. The van der Waals surface area contributed by atoms with E-state index in [9.17, 15) is 13.6 Å². The summed E-state index contributed by atoms with van der Waals surface area (Å²) in [4.78, 5) is 10.6. The summed E-state index contributed by atoms with van der Waals surface area (Å²) in [5, 5.41) is 8.64. The molecule has 1 rings (SSSR count). The van der Waals surface area contributed by atoms with Crippen molar-refractivity contribution >= 4 is 5.97 Å². The van der Waals surface area contributed by atoms with E-state index in [1.54, 1.807) is 6.92 Å². The lowest BCUT2D eigenvalue weighted by molar-refractivity contribution is 0.00406. The van der Waals surface area contributed by atoms with Crippen molar-refractivity contribution in [2.24, 2.45) is 0 Å². The predicted molar refractivity (Wildman–Crippen MR) is 46.1 cm³/mol. The van der Waals surface area contributed by atoms with Gasteiger partial charge in [0.15, 0.2) is 0 Å². The molecule has 0 aliphatic rings. The van der Waals surface area contributed by atoms with Crippen LogP contribution in [0.1, 0.15) is 21.9 Å². The smallest absolute Gasteiger partial charge is 0.372 e. The summed E-state index contributed by atoms with van der Waals surface area (Å²) in [7, 11) is 0. The standard InChI is InChI=1S/C9H10F2O4/c1-5-2-6(3-14-4-7(10)11)15-8(5)9(12)13/h2,7H,3-4H2,1H3,(H,12,13). The molecule has 0 aliphatic heterocycles. The molecule has 0 aromatic carbocycles. The van der Waals surface area contributed by atoms with Crippen LogP contribution in [0.15, 0.2) is 10.5 Å². The first-order chi connectivity index (χ1) is 7.00. The first-order valence-electron chi connectivity index (χ1n) is 4.19. The fourth-order valence-electron chi connectivity index (χ4n) is 1.08. The van der Waals surface area contributed by atoms with E-state index in [0.717, 1.165) is 0 Å². The molecule has 84 valence electrons. The molecule has 1 aromatic rings. The number of alkyl halides is 2. The van der Waals surface area contributed by atoms with Gasteiger partial charge in [0.2, 0.25) is 5.76 Å². The summed E-state index contributed by atoms with van der Waals surface area (Å²) in [6.45, 7) is 0.712. The number of aryl methyl sites for hydroxylation is 1. The normalized spacial score (nSPS) is 10.9. The second-order valence-electron chi connectivity index (χ2n) is 2.94. The minimum Gasteiger partial charge on any atom is -0.475 e. The largest absolute Gasteiger partial charge is 0.475 e. The van der Waals surface area contributed by atoms with Crippen molar-refractivity contribution in [2.45, 2.75) is 20.0 Å². The number of hydrogen-bond donors (Lipinski definition) is 1. The van der Waals surface area contributed by atoms with E-state index in [-0.39, 0.29) is 18.1 Å². The van der Waals surface area contributed by atoms with Gasteiger partial charge in [0.25, 0.3) is 6.43 Å². The molecular weight excluding hydrogens is 210 g/mol. The molecule has 0 atom stereocenters. The SMILES string of the molecule is Cc1cc(COCC(F)F)oc1C(=O)O. The number of carboxylic acids is 1. The van der Waals surface area contributed by atoms with Gasteiger partial charge in [-0.05, 0) is 13.0 Å². The molecule has 1 N–H and O–H groups in total. The van der Waals surface area contributed by atoms with Crippen LogP contribution in [-0.4, -0.2) is 24.1 Å². The van der Waals surface area contributed by atoms with Gasteiger partial charge in [-0.25, -0.2) is 13.6 Å². The Bertz CT molecular complexity index is 346. The lowest BCUT2D eigenvalue weighted by Crippen LogP contribution is -2.03. The van der Waals surface area contributed by atoms with Crippen LogP contribution in [0.2, 0.25) is 0 Å². The van der Waals surface area contributed by atoms with Crippen molar-refractivity contribution in [1.29, 1.82) is 0 Å². The molecule has 0 spiro atoms. The monoisotopic (exact) mass is 220 g/mol. The molecule has 4 nitrogen and oxygen atoms in total. The zero-order chi connectivity index (χ0) is 11.4. The van der Waals surface area contributed by atoms with E-state index in [1.807, 2.05) is 0 Å². The van der Waals surface area contributed by atoms with E-state index >= 15 is 0 Å². The molecule has 1 heterocycles. The Hall–Kier alpha value is -1.43. The average molecular weight is 220 g/mol. The highest BCUT2D eigenvalue weighted by atomic mass is 19.3. The third kappa shape index (κ3) is 3.32. The second-order valence-corrected chi connectivity index (χ2v) is 2.94. The summed E-state index contributed by atoms with van der Waals surface area (Å²) in [6.07, 6.45) is -2.54. The molecule has 1 aromatic heterocycles. The number of halogens is 2. The topological polar surface area (TPSA) is 59.7 Å². The van der Waals surface area contributed by atoms with Gasteiger partial charge in [-0.2, -0.15) is 0 Å². The van der Waals surface area contributed by atoms with Gasteiger partial charge in [-0.3, -0.25) is 0 Å². The summed E-state index contributed by atoms with van der Waals surface area (Å²) >= 11 is 0. The second kappa shape index (κ2) is 4.88. The molecular formula is C9H10F2O4. The Morgan fingerprint density at radius 2 is 2.33 bits per heavy atom. The van der Waals surface area contributed by atoms with Crippen LogP contribution < -0.4 is 0 Å². The maximum Gasteiger partial charge on any atom is 0.372 e. The Labute approximate surface area is 84.5 Å². The van der Waals surface area contributed by atoms with Crippen molar-refractivity contribution in [1.82, 2.24) is 0 Å². The average Bonchev–Trinajstić information content (AvgIpc) is 2.46. The van der Waals surface area contributed by atoms with Crippen LogP contribution in [0.3, 0.4) is 0 Å². The number of carboxylic acid groups (broad SMARTS) is 1. The summed E-state index contributed by atoms with van der Waals surface area (Å²) in [6, 6.07) is 1.45. The molecule has 0 aliphatic carbocycles. The third-order valence-corrected chi connectivity index (χ3v) is 1.65. The zero-order valence-electron chi connectivity index (χ0n) is 8.00.